The van der Waals surface area contributed by atoms with Gasteiger partial charge in [-0.2, -0.15) is 0 Å². The molecule has 6 heteroatoms. The number of hydrogen-bond acceptors (Lipinski definition) is 4. The van der Waals surface area contributed by atoms with Gasteiger partial charge in [-0.05, 0) is 54.1 Å². The minimum atomic E-state index is -0.798. The fourth-order valence-corrected chi connectivity index (χ4v) is 4.28. The second kappa shape index (κ2) is 7.78. The zero-order valence-electron chi connectivity index (χ0n) is 15.5. The van der Waals surface area contributed by atoms with Gasteiger partial charge in [0.05, 0.1) is 13.2 Å². The van der Waals surface area contributed by atoms with Crippen molar-refractivity contribution in [1.82, 2.24) is 9.88 Å². The summed E-state index contributed by atoms with van der Waals surface area (Å²) < 4.78 is 5.60. The first-order chi connectivity index (χ1) is 13.6. The van der Waals surface area contributed by atoms with E-state index in [1.54, 1.807) is 19.4 Å². The van der Waals surface area contributed by atoms with Crippen LogP contribution in [0.5, 0.6) is 5.75 Å². The van der Waals surface area contributed by atoms with Gasteiger partial charge in [0.15, 0.2) is 0 Å². The molecule has 1 aromatic heterocycles. The molecule has 2 atom stereocenters. The van der Waals surface area contributed by atoms with Crippen molar-refractivity contribution in [3.8, 4) is 5.75 Å². The maximum absolute atomic E-state index is 11.9. The zero-order valence-corrected chi connectivity index (χ0v) is 16.3. The average molecular weight is 397 g/mol. The van der Waals surface area contributed by atoms with Gasteiger partial charge in [-0.1, -0.05) is 23.7 Å². The fourth-order valence-electron chi connectivity index (χ4n) is 4.10. The Kier molecular flexibility index (Phi) is 5.20. The Labute approximate surface area is 168 Å². The molecule has 2 unspecified atom stereocenters. The van der Waals surface area contributed by atoms with Gasteiger partial charge in [-0.25, -0.2) is 0 Å². The molecule has 2 heterocycles. The number of fused-ring (bicyclic) bond motifs is 1. The van der Waals surface area contributed by atoms with E-state index >= 15 is 0 Å². The second-order valence-corrected chi connectivity index (χ2v) is 7.44. The number of nitrogens with zero attached hydrogens (tertiary/aromatic N) is 2. The summed E-state index contributed by atoms with van der Waals surface area (Å²) in [6.07, 6.45) is 5.06. The molecule has 3 aromatic rings. The number of carbonyl (C=O) groups is 1. The lowest BCUT2D eigenvalue weighted by Gasteiger charge is -2.33. The van der Waals surface area contributed by atoms with E-state index in [9.17, 15) is 9.90 Å². The van der Waals surface area contributed by atoms with Gasteiger partial charge in [-0.15, -0.1) is 0 Å². The Morgan fingerprint density at radius 3 is 2.89 bits per heavy atom. The van der Waals surface area contributed by atoms with Crippen molar-refractivity contribution in [2.45, 2.75) is 24.9 Å². The van der Waals surface area contributed by atoms with Crippen LogP contribution < -0.4 is 4.74 Å². The molecule has 5 nitrogen and oxygen atoms in total. The molecule has 0 aliphatic carbocycles. The van der Waals surface area contributed by atoms with Crippen LogP contribution in [0.3, 0.4) is 0 Å². The van der Waals surface area contributed by atoms with Gasteiger partial charge in [0.2, 0.25) is 0 Å². The fraction of sp³-hybridized carbons (Fsp3) is 0.273. The second-order valence-electron chi connectivity index (χ2n) is 7.01. The summed E-state index contributed by atoms with van der Waals surface area (Å²) in [6, 6.07) is 12.8. The van der Waals surface area contributed by atoms with E-state index in [0.29, 0.717) is 23.7 Å². The van der Waals surface area contributed by atoms with E-state index in [0.717, 1.165) is 28.3 Å². The molecular weight excluding hydrogens is 376 g/mol. The average Bonchev–Trinajstić information content (AvgIpc) is 3.18. The van der Waals surface area contributed by atoms with Crippen molar-refractivity contribution in [3.63, 3.8) is 0 Å². The number of benzene rings is 2. The highest BCUT2D eigenvalue weighted by Crippen LogP contribution is 2.40. The number of halogens is 1. The molecule has 1 aliphatic heterocycles. The minimum Gasteiger partial charge on any atom is -0.496 e. The highest BCUT2D eigenvalue weighted by Gasteiger charge is 2.38. The molecule has 0 saturated carbocycles. The summed E-state index contributed by atoms with van der Waals surface area (Å²) in [5.74, 6) is -0.103. The van der Waals surface area contributed by atoms with E-state index in [1.807, 2.05) is 41.4 Å². The Morgan fingerprint density at radius 1 is 1.25 bits per heavy atom. The van der Waals surface area contributed by atoms with Crippen molar-refractivity contribution in [1.29, 1.82) is 0 Å². The van der Waals surface area contributed by atoms with Crippen molar-refractivity contribution < 1.29 is 14.6 Å². The maximum Gasteiger partial charge on any atom is 0.320 e. The smallest absolute Gasteiger partial charge is 0.320 e. The van der Waals surface area contributed by atoms with Gasteiger partial charge in [-0.3, -0.25) is 14.7 Å². The highest BCUT2D eigenvalue weighted by molar-refractivity contribution is 6.30. The molecule has 0 amide bonds. The number of carboxylic acids is 1. The quantitative estimate of drug-likeness (QED) is 0.686. The Hall–Kier alpha value is -2.63. The van der Waals surface area contributed by atoms with Crippen LogP contribution in [0.2, 0.25) is 5.02 Å². The Balaban J connectivity index is 1.90. The molecule has 28 heavy (non-hydrogen) atoms. The van der Waals surface area contributed by atoms with E-state index in [2.05, 4.69) is 11.1 Å². The molecule has 0 radical (unpaired) electrons. The van der Waals surface area contributed by atoms with Crippen molar-refractivity contribution in [3.05, 3.63) is 71.0 Å². The van der Waals surface area contributed by atoms with Crippen LogP contribution in [0.25, 0.3) is 10.8 Å². The van der Waals surface area contributed by atoms with Gasteiger partial charge >= 0.3 is 5.97 Å². The lowest BCUT2D eigenvalue weighted by molar-refractivity contribution is -0.142. The lowest BCUT2D eigenvalue weighted by Crippen LogP contribution is -2.39. The zero-order chi connectivity index (χ0) is 19.7. The van der Waals surface area contributed by atoms with Crippen LogP contribution in [-0.2, 0) is 4.79 Å². The standard InChI is InChI=1S/C22H21ClN2O3/c1-28-20-7-6-17(23)12-18(20)21(25-10-2-3-19(25)22(26)27)15-4-5-16-13-24-9-8-14(16)11-15/h4-9,11-13,19,21H,2-3,10H2,1H3,(H,26,27). The SMILES string of the molecule is COc1ccc(Cl)cc1C(c1ccc2cnccc2c1)N1CCCC1C(=O)O. The highest BCUT2D eigenvalue weighted by atomic mass is 35.5. The Morgan fingerprint density at radius 2 is 2.11 bits per heavy atom. The number of aromatic nitrogens is 1. The molecule has 1 N–H and O–H groups in total. The molecule has 1 fully saturated rings. The number of carboxylic acid groups (broad SMARTS) is 1. The summed E-state index contributed by atoms with van der Waals surface area (Å²) in [7, 11) is 1.62. The first-order valence-electron chi connectivity index (χ1n) is 9.24. The summed E-state index contributed by atoms with van der Waals surface area (Å²) >= 11 is 6.31. The number of hydrogen-bond donors (Lipinski definition) is 1. The summed E-state index contributed by atoms with van der Waals surface area (Å²) in [5.41, 5.74) is 1.88. The number of rotatable bonds is 5. The third-order valence-corrected chi connectivity index (χ3v) is 5.61. The topological polar surface area (TPSA) is 62.7 Å². The Bertz CT molecular complexity index is 1020. The van der Waals surface area contributed by atoms with E-state index < -0.39 is 12.0 Å². The minimum absolute atomic E-state index is 0.269. The summed E-state index contributed by atoms with van der Waals surface area (Å²) in [4.78, 5) is 18.1. The molecule has 0 bridgehead atoms. The van der Waals surface area contributed by atoms with Crippen LogP contribution in [-0.4, -0.2) is 40.7 Å². The number of aliphatic carboxylic acids is 1. The van der Waals surface area contributed by atoms with Gasteiger partial charge in [0, 0.05) is 34.9 Å². The number of pyridine rings is 1. The van der Waals surface area contributed by atoms with Gasteiger partial charge in [0.1, 0.15) is 11.8 Å². The molecular formula is C22H21ClN2O3. The predicted molar refractivity (Wildman–Crippen MR) is 109 cm³/mol. The third kappa shape index (κ3) is 3.43. The molecule has 0 spiro atoms. The van der Waals surface area contributed by atoms with Crippen LogP contribution in [0.1, 0.15) is 30.0 Å². The number of likely N-dealkylation sites (tertiary alicyclic amines) is 1. The predicted octanol–water partition coefficient (Wildman–Crippen LogP) is 4.54. The summed E-state index contributed by atoms with van der Waals surface area (Å²) in [5, 5.41) is 12.5. The van der Waals surface area contributed by atoms with Crippen LogP contribution in [0.4, 0.5) is 0 Å². The van der Waals surface area contributed by atoms with Crippen LogP contribution >= 0.6 is 11.6 Å². The van der Waals surface area contributed by atoms with Crippen LogP contribution in [0.15, 0.2) is 54.9 Å². The van der Waals surface area contributed by atoms with Gasteiger partial charge in [0.25, 0.3) is 0 Å². The van der Waals surface area contributed by atoms with Crippen molar-refractivity contribution in [2.24, 2.45) is 0 Å². The molecule has 4 rings (SSSR count). The van der Waals surface area contributed by atoms with E-state index in [1.165, 1.54) is 0 Å². The molecule has 2 aromatic carbocycles. The molecule has 1 aliphatic rings. The lowest BCUT2D eigenvalue weighted by atomic mass is 9.94. The summed E-state index contributed by atoms with van der Waals surface area (Å²) in [6.45, 7) is 0.700. The largest absolute Gasteiger partial charge is 0.496 e. The van der Waals surface area contributed by atoms with Crippen molar-refractivity contribution in [2.75, 3.05) is 13.7 Å². The number of methoxy groups -OCH3 is 1. The van der Waals surface area contributed by atoms with E-state index in [-0.39, 0.29) is 6.04 Å². The van der Waals surface area contributed by atoms with Crippen LogP contribution in [0, 0.1) is 0 Å². The first-order valence-corrected chi connectivity index (χ1v) is 9.62. The number of ether oxygens (including phenoxy) is 1. The first kappa shape index (κ1) is 18.7. The third-order valence-electron chi connectivity index (χ3n) is 5.38. The maximum atomic E-state index is 11.9. The molecule has 1 saturated heterocycles. The molecule has 144 valence electrons. The monoisotopic (exact) mass is 396 g/mol. The van der Waals surface area contributed by atoms with Gasteiger partial charge < -0.3 is 9.84 Å². The van der Waals surface area contributed by atoms with Crippen molar-refractivity contribution >= 4 is 28.3 Å². The normalized spacial score (nSPS) is 18.3. The van der Waals surface area contributed by atoms with E-state index in [4.69, 9.17) is 16.3 Å².